The Morgan fingerprint density at radius 1 is 0.964 bits per heavy atom. The van der Waals surface area contributed by atoms with E-state index in [-0.39, 0.29) is 5.91 Å². The number of aromatic nitrogens is 2. The van der Waals surface area contributed by atoms with Gasteiger partial charge in [-0.3, -0.25) is 9.20 Å². The fraction of sp³-hybridized carbons (Fsp3) is 0.130. The van der Waals surface area contributed by atoms with Gasteiger partial charge in [0.05, 0.1) is 0 Å². The first-order valence-electron chi connectivity index (χ1n) is 9.05. The molecule has 0 aliphatic carbocycles. The number of amides is 1. The fourth-order valence-corrected chi connectivity index (χ4v) is 3.70. The minimum absolute atomic E-state index is 0.181. The molecule has 0 saturated heterocycles. The van der Waals surface area contributed by atoms with E-state index in [1.807, 2.05) is 86.0 Å². The highest BCUT2D eigenvalue weighted by Crippen LogP contribution is 2.27. The summed E-state index contributed by atoms with van der Waals surface area (Å²) in [6.07, 6.45) is 1.95. The molecule has 0 aliphatic heterocycles. The Bertz CT molecular complexity index is 1190. The molecule has 4 rings (SSSR count). The monoisotopic (exact) mass is 433 g/mol. The highest BCUT2D eigenvalue weighted by molar-refractivity contribution is 9.10. The van der Waals surface area contributed by atoms with Crippen molar-refractivity contribution in [2.24, 2.45) is 0 Å². The van der Waals surface area contributed by atoms with E-state index in [1.165, 1.54) is 5.56 Å². The molecule has 28 heavy (non-hydrogen) atoms. The highest BCUT2D eigenvalue weighted by Gasteiger charge is 2.21. The lowest BCUT2D eigenvalue weighted by atomic mass is 10.1. The van der Waals surface area contributed by atoms with Gasteiger partial charge < -0.3 is 5.32 Å². The van der Waals surface area contributed by atoms with E-state index in [2.05, 4.69) is 21.2 Å². The second kappa shape index (κ2) is 7.24. The van der Waals surface area contributed by atoms with E-state index in [0.717, 1.165) is 32.5 Å². The molecule has 4 aromatic rings. The number of halogens is 1. The van der Waals surface area contributed by atoms with Gasteiger partial charge in [-0.2, -0.15) is 0 Å². The summed E-state index contributed by atoms with van der Waals surface area (Å²) in [5, 5.41) is 3.05. The van der Waals surface area contributed by atoms with Crippen molar-refractivity contribution in [3.05, 3.63) is 87.7 Å². The third-order valence-electron chi connectivity index (χ3n) is 4.74. The first kappa shape index (κ1) is 18.4. The minimum atomic E-state index is -0.181. The van der Waals surface area contributed by atoms with E-state index in [1.54, 1.807) is 0 Å². The van der Waals surface area contributed by atoms with Gasteiger partial charge in [0.1, 0.15) is 17.0 Å². The van der Waals surface area contributed by atoms with Crippen LogP contribution in [-0.4, -0.2) is 15.3 Å². The molecule has 0 fully saturated rings. The lowest BCUT2D eigenvalue weighted by Gasteiger charge is -2.10. The number of hydrogen-bond donors (Lipinski definition) is 1. The van der Waals surface area contributed by atoms with Gasteiger partial charge >= 0.3 is 0 Å². The van der Waals surface area contributed by atoms with Crippen LogP contribution in [0.4, 0.5) is 5.69 Å². The topological polar surface area (TPSA) is 46.4 Å². The Balaban J connectivity index is 1.85. The van der Waals surface area contributed by atoms with Crippen LogP contribution in [0.25, 0.3) is 16.9 Å². The van der Waals surface area contributed by atoms with Crippen LogP contribution in [0.5, 0.6) is 0 Å². The Morgan fingerprint density at radius 3 is 2.39 bits per heavy atom. The zero-order valence-corrected chi connectivity index (χ0v) is 17.5. The van der Waals surface area contributed by atoms with Crippen LogP contribution in [0.1, 0.15) is 27.2 Å². The molecule has 1 N–H and O–H groups in total. The molecule has 4 nitrogen and oxygen atoms in total. The van der Waals surface area contributed by atoms with Crippen molar-refractivity contribution in [1.82, 2.24) is 9.38 Å². The van der Waals surface area contributed by atoms with Gasteiger partial charge in [-0.25, -0.2) is 4.98 Å². The zero-order valence-electron chi connectivity index (χ0n) is 16.0. The maximum Gasteiger partial charge on any atom is 0.274 e. The Hall–Kier alpha value is -2.92. The lowest BCUT2D eigenvalue weighted by molar-refractivity contribution is 0.102. The van der Waals surface area contributed by atoms with Crippen molar-refractivity contribution in [3.8, 4) is 11.3 Å². The summed E-state index contributed by atoms with van der Waals surface area (Å²) in [5.74, 6) is -0.181. The molecule has 2 aromatic heterocycles. The number of nitrogens with one attached hydrogen (secondary N) is 1. The number of pyridine rings is 1. The molecular weight excluding hydrogens is 414 g/mol. The number of hydrogen-bond acceptors (Lipinski definition) is 2. The highest BCUT2D eigenvalue weighted by atomic mass is 79.9. The Labute approximate surface area is 172 Å². The average Bonchev–Trinajstić information content (AvgIpc) is 3.03. The molecule has 140 valence electrons. The SMILES string of the molecule is Cc1ccc(-c2nc3ccc(C)cn3c2C(=O)Nc2ccc(Br)cc2C)cc1. The van der Waals surface area contributed by atoms with Gasteiger partial charge in [0.2, 0.25) is 0 Å². The second-order valence-electron chi connectivity index (χ2n) is 7.02. The summed E-state index contributed by atoms with van der Waals surface area (Å²) in [5.41, 5.74) is 6.88. The van der Waals surface area contributed by atoms with Crippen molar-refractivity contribution in [2.45, 2.75) is 20.8 Å². The van der Waals surface area contributed by atoms with Gasteiger partial charge in [-0.05, 0) is 56.2 Å². The van der Waals surface area contributed by atoms with E-state index in [0.29, 0.717) is 11.4 Å². The predicted molar refractivity (Wildman–Crippen MR) is 117 cm³/mol. The molecule has 2 heterocycles. The standard InChI is InChI=1S/C23H20BrN3O/c1-14-4-7-17(8-5-14)21-22(27-13-15(2)6-11-20(27)26-21)23(28)25-19-10-9-18(24)12-16(19)3/h4-13H,1-3H3,(H,25,28). The molecule has 2 aromatic carbocycles. The third-order valence-corrected chi connectivity index (χ3v) is 5.24. The van der Waals surface area contributed by atoms with Gasteiger partial charge in [0, 0.05) is 21.9 Å². The van der Waals surface area contributed by atoms with E-state index in [4.69, 9.17) is 4.98 Å². The molecule has 0 radical (unpaired) electrons. The van der Waals surface area contributed by atoms with Crippen LogP contribution in [0.15, 0.2) is 65.3 Å². The number of fused-ring (bicyclic) bond motifs is 1. The summed E-state index contributed by atoms with van der Waals surface area (Å²) >= 11 is 3.46. The summed E-state index contributed by atoms with van der Waals surface area (Å²) in [6.45, 7) is 6.02. The van der Waals surface area contributed by atoms with Crippen LogP contribution in [0.3, 0.4) is 0 Å². The first-order chi connectivity index (χ1) is 13.4. The molecule has 0 saturated carbocycles. The van der Waals surface area contributed by atoms with Crippen LogP contribution in [-0.2, 0) is 0 Å². The molecule has 0 spiro atoms. The number of nitrogens with zero attached hydrogens (tertiary/aromatic N) is 2. The van der Waals surface area contributed by atoms with E-state index >= 15 is 0 Å². The van der Waals surface area contributed by atoms with Gasteiger partial charge in [-0.15, -0.1) is 0 Å². The van der Waals surface area contributed by atoms with Crippen LogP contribution >= 0.6 is 15.9 Å². The summed E-state index contributed by atoms with van der Waals surface area (Å²) in [6, 6.07) is 17.8. The number of benzene rings is 2. The lowest BCUT2D eigenvalue weighted by Crippen LogP contribution is -2.16. The largest absolute Gasteiger partial charge is 0.320 e. The minimum Gasteiger partial charge on any atom is -0.320 e. The predicted octanol–water partition coefficient (Wildman–Crippen LogP) is 5.94. The number of imidazole rings is 1. The molecule has 5 heteroatoms. The van der Waals surface area contributed by atoms with Crippen molar-refractivity contribution in [3.63, 3.8) is 0 Å². The molecule has 0 atom stereocenters. The first-order valence-corrected chi connectivity index (χ1v) is 9.85. The van der Waals surface area contributed by atoms with Gasteiger partial charge in [0.25, 0.3) is 5.91 Å². The number of carbonyl (C=O) groups is 1. The van der Waals surface area contributed by atoms with Crippen molar-refractivity contribution < 1.29 is 4.79 Å². The average molecular weight is 434 g/mol. The smallest absolute Gasteiger partial charge is 0.274 e. The maximum atomic E-state index is 13.3. The summed E-state index contributed by atoms with van der Waals surface area (Å²) in [4.78, 5) is 18.1. The number of carbonyl (C=O) groups excluding carboxylic acids is 1. The Morgan fingerprint density at radius 2 is 1.68 bits per heavy atom. The maximum absolute atomic E-state index is 13.3. The fourth-order valence-electron chi connectivity index (χ4n) is 3.23. The van der Waals surface area contributed by atoms with E-state index < -0.39 is 0 Å². The third kappa shape index (κ3) is 3.45. The van der Waals surface area contributed by atoms with Gasteiger partial charge in [-0.1, -0.05) is 51.8 Å². The summed E-state index contributed by atoms with van der Waals surface area (Å²) < 4.78 is 2.85. The Kier molecular flexibility index (Phi) is 4.77. The zero-order chi connectivity index (χ0) is 19.8. The second-order valence-corrected chi connectivity index (χ2v) is 7.94. The van der Waals surface area contributed by atoms with Crippen LogP contribution in [0.2, 0.25) is 0 Å². The van der Waals surface area contributed by atoms with Gasteiger partial charge in [0.15, 0.2) is 0 Å². The van der Waals surface area contributed by atoms with Crippen molar-refractivity contribution >= 4 is 33.2 Å². The normalized spacial score (nSPS) is 11.0. The van der Waals surface area contributed by atoms with Crippen molar-refractivity contribution in [2.75, 3.05) is 5.32 Å². The molecule has 1 amide bonds. The summed E-state index contributed by atoms with van der Waals surface area (Å²) in [7, 11) is 0. The van der Waals surface area contributed by atoms with Crippen LogP contribution in [0, 0.1) is 20.8 Å². The molecule has 0 unspecified atom stereocenters. The van der Waals surface area contributed by atoms with Crippen LogP contribution < -0.4 is 5.32 Å². The van der Waals surface area contributed by atoms with Crippen molar-refractivity contribution in [1.29, 1.82) is 0 Å². The molecule has 0 bridgehead atoms. The quantitative estimate of drug-likeness (QED) is 0.434. The number of anilines is 1. The van der Waals surface area contributed by atoms with E-state index in [9.17, 15) is 4.79 Å². The number of rotatable bonds is 3. The molecule has 0 aliphatic rings. The molecular formula is C23H20BrN3O. The number of aryl methyl sites for hydroxylation is 3.